The van der Waals surface area contributed by atoms with Gasteiger partial charge in [0.05, 0.1) is 5.54 Å². The van der Waals surface area contributed by atoms with Crippen LogP contribution in [0, 0.1) is 0 Å². The standard InChI is InChI=1S/C22H29ClN6S/c1-4-22(2,3)29-21(24-25-26-29)20(19-6-5-15-30-19)28-13-11-27(12-14-28)16-17-7-9-18(23)10-8-17/h5-10,15,20H,4,11-14,16H2,1-3H3. The van der Waals surface area contributed by atoms with Gasteiger partial charge in [0.25, 0.3) is 0 Å². The predicted octanol–water partition coefficient (Wildman–Crippen LogP) is 4.44. The molecule has 0 bridgehead atoms. The van der Waals surface area contributed by atoms with Crippen molar-refractivity contribution in [3.8, 4) is 0 Å². The van der Waals surface area contributed by atoms with Gasteiger partial charge >= 0.3 is 0 Å². The Balaban J connectivity index is 1.52. The van der Waals surface area contributed by atoms with Crippen molar-refractivity contribution < 1.29 is 0 Å². The Bertz CT molecular complexity index is 929. The van der Waals surface area contributed by atoms with Gasteiger partial charge in [-0.3, -0.25) is 9.80 Å². The first-order valence-corrected chi connectivity index (χ1v) is 11.8. The molecule has 1 aliphatic heterocycles. The van der Waals surface area contributed by atoms with Crippen LogP contribution in [0.2, 0.25) is 5.02 Å². The molecule has 8 heteroatoms. The van der Waals surface area contributed by atoms with Gasteiger partial charge in [0.15, 0.2) is 5.82 Å². The molecular weight excluding hydrogens is 416 g/mol. The Hall–Kier alpha value is -1.80. The van der Waals surface area contributed by atoms with E-state index in [0.29, 0.717) is 0 Å². The highest BCUT2D eigenvalue weighted by Crippen LogP contribution is 2.33. The Morgan fingerprint density at radius 1 is 1.10 bits per heavy atom. The molecule has 1 saturated heterocycles. The fourth-order valence-electron chi connectivity index (χ4n) is 3.89. The van der Waals surface area contributed by atoms with Gasteiger partial charge in [-0.05, 0) is 59.8 Å². The molecule has 0 aliphatic carbocycles. The SMILES string of the molecule is CCC(C)(C)n1nnnc1C(c1cccs1)N1CCN(Cc2ccc(Cl)cc2)CC1. The van der Waals surface area contributed by atoms with E-state index in [1.165, 1.54) is 10.4 Å². The van der Waals surface area contributed by atoms with Gasteiger partial charge in [-0.15, -0.1) is 16.4 Å². The lowest BCUT2D eigenvalue weighted by atomic mass is 10.0. The minimum absolute atomic E-state index is 0.0866. The van der Waals surface area contributed by atoms with E-state index in [9.17, 15) is 0 Å². The van der Waals surface area contributed by atoms with Crippen LogP contribution < -0.4 is 0 Å². The van der Waals surface area contributed by atoms with E-state index in [-0.39, 0.29) is 11.6 Å². The molecule has 0 amide bonds. The summed E-state index contributed by atoms with van der Waals surface area (Å²) in [5.74, 6) is 0.940. The lowest BCUT2D eigenvalue weighted by Crippen LogP contribution is -2.48. The van der Waals surface area contributed by atoms with E-state index < -0.39 is 0 Å². The predicted molar refractivity (Wildman–Crippen MR) is 122 cm³/mol. The van der Waals surface area contributed by atoms with Crippen molar-refractivity contribution in [3.63, 3.8) is 0 Å². The molecule has 2 aromatic heterocycles. The van der Waals surface area contributed by atoms with Gasteiger partial charge in [0, 0.05) is 42.6 Å². The number of nitrogens with zero attached hydrogens (tertiary/aromatic N) is 6. The van der Waals surface area contributed by atoms with Gasteiger partial charge in [-0.1, -0.05) is 36.7 Å². The maximum absolute atomic E-state index is 6.02. The molecule has 1 fully saturated rings. The van der Waals surface area contributed by atoms with Gasteiger partial charge in [0.1, 0.15) is 6.04 Å². The maximum Gasteiger partial charge on any atom is 0.174 e. The Labute approximate surface area is 187 Å². The van der Waals surface area contributed by atoms with Crippen LogP contribution in [0.25, 0.3) is 0 Å². The van der Waals surface area contributed by atoms with Crippen LogP contribution in [0.15, 0.2) is 41.8 Å². The number of thiophene rings is 1. The third-order valence-corrected chi connectivity index (χ3v) is 7.26. The average molecular weight is 445 g/mol. The molecule has 4 rings (SSSR count). The first-order valence-electron chi connectivity index (χ1n) is 10.5. The number of aromatic nitrogens is 4. The fraction of sp³-hybridized carbons (Fsp3) is 0.500. The van der Waals surface area contributed by atoms with Crippen molar-refractivity contribution in [1.82, 2.24) is 30.0 Å². The summed E-state index contributed by atoms with van der Waals surface area (Å²) in [6.07, 6.45) is 0.969. The second-order valence-corrected chi connectivity index (χ2v) is 9.89. The Morgan fingerprint density at radius 3 is 2.47 bits per heavy atom. The molecule has 0 radical (unpaired) electrons. The van der Waals surface area contributed by atoms with Crippen LogP contribution >= 0.6 is 22.9 Å². The topological polar surface area (TPSA) is 50.1 Å². The van der Waals surface area contributed by atoms with E-state index in [1.807, 2.05) is 16.8 Å². The molecule has 30 heavy (non-hydrogen) atoms. The zero-order valence-electron chi connectivity index (χ0n) is 17.8. The van der Waals surface area contributed by atoms with Gasteiger partial charge in [-0.25, -0.2) is 4.68 Å². The second kappa shape index (κ2) is 9.14. The van der Waals surface area contributed by atoms with Crippen LogP contribution in [0.3, 0.4) is 0 Å². The van der Waals surface area contributed by atoms with E-state index in [4.69, 9.17) is 11.6 Å². The summed E-state index contributed by atoms with van der Waals surface area (Å²) in [6, 6.07) is 12.6. The molecular formula is C22H29ClN6S. The molecule has 160 valence electrons. The Kier molecular flexibility index (Phi) is 6.53. The quantitative estimate of drug-likeness (QED) is 0.539. The monoisotopic (exact) mass is 444 g/mol. The molecule has 0 N–H and O–H groups in total. The molecule has 0 saturated carbocycles. The van der Waals surface area contributed by atoms with Crippen LogP contribution in [0.1, 0.15) is 49.5 Å². The summed E-state index contributed by atoms with van der Waals surface area (Å²) in [4.78, 5) is 6.33. The van der Waals surface area contributed by atoms with Crippen molar-refractivity contribution >= 4 is 22.9 Å². The third kappa shape index (κ3) is 4.59. The van der Waals surface area contributed by atoms with Crippen LogP contribution in [0.4, 0.5) is 0 Å². The molecule has 1 atom stereocenters. The second-order valence-electron chi connectivity index (χ2n) is 8.47. The molecule has 3 heterocycles. The van der Waals surface area contributed by atoms with Crippen molar-refractivity contribution in [2.75, 3.05) is 26.2 Å². The van der Waals surface area contributed by atoms with Crippen LogP contribution in [-0.2, 0) is 12.1 Å². The number of rotatable bonds is 7. The van der Waals surface area contributed by atoms with Crippen molar-refractivity contribution in [1.29, 1.82) is 0 Å². The van der Waals surface area contributed by atoms with E-state index >= 15 is 0 Å². The zero-order valence-corrected chi connectivity index (χ0v) is 19.4. The van der Waals surface area contributed by atoms with Crippen molar-refractivity contribution in [2.45, 2.75) is 45.3 Å². The lowest BCUT2D eigenvalue weighted by Gasteiger charge is -2.39. The first-order chi connectivity index (χ1) is 14.5. The molecule has 6 nitrogen and oxygen atoms in total. The maximum atomic E-state index is 6.02. The number of benzene rings is 1. The van der Waals surface area contributed by atoms with Gasteiger partial charge in [0.2, 0.25) is 0 Å². The Morgan fingerprint density at radius 2 is 1.83 bits per heavy atom. The molecule has 1 aliphatic rings. The molecule has 1 aromatic carbocycles. The van der Waals surface area contributed by atoms with E-state index in [2.05, 4.69) is 75.7 Å². The fourth-order valence-corrected chi connectivity index (χ4v) is 4.87. The van der Waals surface area contributed by atoms with Crippen molar-refractivity contribution in [2.24, 2.45) is 0 Å². The highest BCUT2D eigenvalue weighted by molar-refractivity contribution is 7.10. The van der Waals surface area contributed by atoms with Crippen molar-refractivity contribution in [3.05, 3.63) is 63.1 Å². The normalized spacial score (nSPS) is 17.3. The first kappa shape index (κ1) is 21.4. The molecule has 3 aromatic rings. The summed E-state index contributed by atoms with van der Waals surface area (Å²) in [7, 11) is 0. The smallest absolute Gasteiger partial charge is 0.174 e. The average Bonchev–Trinajstić information content (AvgIpc) is 3.44. The molecule has 1 unspecified atom stereocenters. The largest absolute Gasteiger partial charge is 0.297 e. The van der Waals surface area contributed by atoms with E-state index in [1.54, 1.807) is 11.3 Å². The highest BCUT2D eigenvalue weighted by atomic mass is 35.5. The summed E-state index contributed by atoms with van der Waals surface area (Å²) in [6.45, 7) is 11.5. The third-order valence-electron chi connectivity index (χ3n) is 6.08. The van der Waals surface area contributed by atoms with Crippen LogP contribution in [0.5, 0.6) is 0 Å². The number of hydrogen-bond donors (Lipinski definition) is 0. The zero-order chi connectivity index (χ0) is 21.1. The number of tetrazole rings is 1. The van der Waals surface area contributed by atoms with Gasteiger partial charge < -0.3 is 0 Å². The minimum Gasteiger partial charge on any atom is -0.297 e. The minimum atomic E-state index is -0.120. The highest BCUT2D eigenvalue weighted by Gasteiger charge is 2.34. The summed E-state index contributed by atoms with van der Waals surface area (Å²) in [5.41, 5.74) is 1.18. The van der Waals surface area contributed by atoms with E-state index in [0.717, 1.165) is 50.0 Å². The number of hydrogen-bond acceptors (Lipinski definition) is 6. The summed E-state index contributed by atoms with van der Waals surface area (Å²) < 4.78 is 2.03. The molecule has 0 spiro atoms. The lowest BCUT2D eigenvalue weighted by molar-refractivity contribution is 0.0984. The number of piperazine rings is 1. The summed E-state index contributed by atoms with van der Waals surface area (Å²) >= 11 is 7.80. The van der Waals surface area contributed by atoms with Gasteiger partial charge in [-0.2, -0.15) is 0 Å². The number of halogens is 1. The van der Waals surface area contributed by atoms with Crippen LogP contribution in [-0.4, -0.2) is 56.2 Å². The summed E-state index contributed by atoms with van der Waals surface area (Å²) in [5, 5.41) is 15.9.